The van der Waals surface area contributed by atoms with Gasteiger partial charge in [0.25, 0.3) is 0 Å². The number of hydrogen-bond donors (Lipinski definition) is 1. The van der Waals surface area contributed by atoms with Crippen molar-refractivity contribution in [3.05, 3.63) is 65.7 Å². The van der Waals surface area contributed by atoms with Crippen molar-refractivity contribution in [2.45, 2.75) is 58.0 Å². The Hall–Kier alpha value is -3.20. The van der Waals surface area contributed by atoms with Gasteiger partial charge in [0.1, 0.15) is 12.4 Å². The van der Waals surface area contributed by atoms with Gasteiger partial charge in [-0.05, 0) is 49.9 Å². The minimum atomic E-state index is -2.73. The monoisotopic (exact) mass is 521 g/mol. The second kappa shape index (κ2) is 15.8. The molecule has 2 aromatic carbocycles. The average molecular weight is 522 g/mol. The molecule has 0 aliphatic rings. The Morgan fingerprint density at radius 1 is 0.973 bits per heavy atom. The van der Waals surface area contributed by atoms with E-state index in [4.69, 9.17) is 14.2 Å². The summed E-state index contributed by atoms with van der Waals surface area (Å²) in [4.78, 5) is 25.4. The van der Waals surface area contributed by atoms with Crippen molar-refractivity contribution in [2.24, 2.45) is 0 Å². The molecule has 1 amide bonds. The molecule has 1 unspecified atom stereocenters. The van der Waals surface area contributed by atoms with Crippen LogP contribution in [0.25, 0.3) is 0 Å². The maximum absolute atomic E-state index is 13.1. The van der Waals surface area contributed by atoms with Gasteiger partial charge in [0.05, 0.1) is 13.2 Å². The van der Waals surface area contributed by atoms with Crippen molar-refractivity contribution >= 4 is 12.1 Å². The number of aliphatic carboxylic acids is 1. The zero-order valence-corrected chi connectivity index (χ0v) is 21.5. The third-order valence-corrected chi connectivity index (χ3v) is 5.63. The molecule has 2 rings (SSSR count). The first-order valence-electron chi connectivity index (χ1n) is 12.6. The van der Waals surface area contributed by atoms with Crippen molar-refractivity contribution in [3.8, 4) is 5.75 Å². The number of halogens is 2. The highest BCUT2D eigenvalue weighted by molar-refractivity contribution is 5.72. The number of nitrogens with zero attached hydrogens (tertiary/aromatic N) is 1. The van der Waals surface area contributed by atoms with Gasteiger partial charge < -0.3 is 24.2 Å². The van der Waals surface area contributed by atoms with E-state index in [0.717, 1.165) is 18.1 Å². The van der Waals surface area contributed by atoms with Crippen molar-refractivity contribution in [1.82, 2.24) is 4.90 Å². The Morgan fingerprint density at radius 3 is 2.30 bits per heavy atom. The first-order valence-corrected chi connectivity index (χ1v) is 12.6. The van der Waals surface area contributed by atoms with Crippen LogP contribution in [0.15, 0.2) is 54.6 Å². The fourth-order valence-electron chi connectivity index (χ4n) is 3.65. The molecule has 2 aromatic rings. The zero-order chi connectivity index (χ0) is 27.1. The van der Waals surface area contributed by atoms with E-state index < -0.39 is 24.1 Å². The first-order chi connectivity index (χ1) is 17.7. The SMILES string of the molecule is CCOC(Cc1ccc(OCCN(CCCCC(C)(F)F)C(=O)OCCc2ccccc2)cc1)C(=O)O. The summed E-state index contributed by atoms with van der Waals surface area (Å²) in [5, 5.41) is 9.23. The summed E-state index contributed by atoms with van der Waals surface area (Å²) in [6.45, 7) is 3.87. The fraction of sp³-hybridized carbons (Fsp3) is 0.500. The van der Waals surface area contributed by atoms with Gasteiger partial charge in [0.15, 0.2) is 6.10 Å². The standard InChI is InChI=1S/C28H37F2NO6/c1-3-35-25(26(32)33)21-23-11-13-24(14-12-23)36-20-18-31(17-8-7-16-28(2,29)30)27(34)37-19-15-22-9-5-4-6-10-22/h4-6,9-14,25H,3,7-8,15-21H2,1-2H3,(H,32,33). The van der Waals surface area contributed by atoms with Gasteiger partial charge in [-0.15, -0.1) is 0 Å². The molecule has 9 heteroatoms. The molecule has 0 spiro atoms. The summed E-state index contributed by atoms with van der Waals surface area (Å²) in [6.07, 6.45) is -0.117. The Morgan fingerprint density at radius 2 is 1.68 bits per heavy atom. The van der Waals surface area contributed by atoms with Gasteiger partial charge in [0.2, 0.25) is 5.92 Å². The largest absolute Gasteiger partial charge is 0.492 e. The molecule has 0 aliphatic heterocycles. The van der Waals surface area contributed by atoms with Crippen molar-refractivity contribution in [1.29, 1.82) is 0 Å². The van der Waals surface area contributed by atoms with E-state index in [2.05, 4.69) is 0 Å². The normalized spacial score (nSPS) is 12.1. The minimum absolute atomic E-state index is 0.188. The van der Waals surface area contributed by atoms with Crippen molar-refractivity contribution in [3.63, 3.8) is 0 Å². The highest BCUT2D eigenvalue weighted by Gasteiger charge is 2.21. The van der Waals surface area contributed by atoms with E-state index >= 15 is 0 Å². The van der Waals surface area contributed by atoms with Gasteiger partial charge >= 0.3 is 12.1 Å². The summed E-state index contributed by atoms with van der Waals surface area (Å²) < 4.78 is 42.7. The number of rotatable bonds is 17. The Bertz CT molecular complexity index is 934. The molecule has 0 bridgehead atoms. The zero-order valence-electron chi connectivity index (χ0n) is 21.5. The lowest BCUT2D eigenvalue weighted by atomic mass is 10.1. The van der Waals surface area contributed by atoms with Gasteiger partial charge in [-0.3, -0.25) is 0 Å². The lowest BCUT2D eigenvalue weighted by molar-refractivity contribution is -0.149. The van der Waals surface area contributed by atoms with E-state index in [1.54, 1.807) is 31.2 Å². The van der Waals surface area contributed by atoms with Crippen LogP contribution in [0.2, 0.25) is 0 Å². The Balaban J connectivity index is 1.86. The van der Waals surface area contributed by atoms with Crippen LogP contribution in [0, 0.1) is 0 Å². The first kappa shape index (κ1) is 30.0. The Kier molecular flexibility index (Phi) is 12.8. The number of hydrogen-bond acceptors (Lipinski definition) is 5. The van der Waals surface area contributed by atoms with Gasteiger partial charge in [-0.2, -0.15) is 0 Å². The summed E-state index contributed by atoms with van der Waals surface area (Å²) in [6, 6.07) is 16.6. The average Bonchev–Trinajstić information content (AvgIpc) is 2.86. The third kappa shape index (κ3) is 12.5. The van der Waals surface area contributed by atoms with E-state index in [-0.39, 0.29) is 39.1 Å². The van der Waals surface area contributed by atoms with Crippen LogP contribution in [0.5, 0.6) is 5.75 Å². The molecular weight excluding hydrogens is 484 g/mol. The maximum Gasteiger partial charge on any atom is 0.409 e. The van der Waals surface area contributed by atoms with E-state index in [9.17, 15) is 23.5 Å². The van der Waals surface area contributed by atoms with Crippen molar-refractivity contribution in [2.75, 3.05) is 32.9 Å². The second-order valence-electron chi connectivity index (χ2n) is 8.84. The molecule has 204 valence electrons. The number of carbonyl (C=O) groups is 2. The Labute approximate surface area is 217 Å². The summed E-state index contributed by atoms with van der Waals surface area (Å²) >= 11 is 0. The fourth-order valence-corrected chi connectivity index (χ4v) is 3.65. The number of unbranched alkanes of at least 4 members (excludes halogenated alkanes) is 1. The molecule has 37 heavy (non-hydrogen) atoms. The molecule has 1 atom stereocenters. The topological polar surface area (TPSA) is 85.3 Å². The predicted molar refractivity (Wildman–Crippen MR) is 136 cm³/mol. The lowest BCUT2D eigenvalue weighted by Crippen LogP contribution is -2.36. The van der Waals surface area contributed by atoms with E-state index in [1.807, 2.05) is 30.3 Å². The lowest BCUT2D eigenvalue weighted by Gasteiger charge is -2.23. The maximum atomic E-state index is 13.1. The number of carboxylic acid groups (broad SMARTS) is 1. The van der Waals surface area contributed by atoms with Crippen LogP contribution in [0.4, 0.5) is 13.6 Å². The summed E-state index contributed by atoms with van der Waals surface area (Å²) in [5.41, 5.74) is 1.85. The number of carboxylic acids is 1. The van der Waals surface area contributed by atoms with E-state index in [0.29, 0.717) is 31.6 Å². The number of amides is 1. The van der Waals surface area contributed by atoms with Gasteiger partial charge in [-0.25, -0.2) is 18.4 Å². The molecule has 0 radical (unpaired) electrons. The highest BCUT2D eigenvalue weighted by Crippen LogP contribution is 2.20. The van der Waals surface area contributed by atoms with Crippen molar-refractivity contribution < 1.29 is 37.7 Å². The smallest absolute Gasteiger partial charge is 0.409 e. The van der Waals surface area contributed by atoms with Gasteiger partial charge in [0, 0.05) is 32.4 Å². The van der Waals surface area contributed by atoms with Crippen LogP contribution in [0.1, 0.15) is 44.2 Å². The van der Waals surface area contributed by atoms with E-state index in [1.165, 1.54) is 4.90 Å². The number of carbonyl (C=O) groups excluding carboxylic acids is 1. The number of ether oxygens (including phenoxy) is 3. The molecule has 1 N–H and O–H groups in total. The van der Waals surface area contributed by atoms with Crippen LogP contribution in [-0.4, -0.2) is 67.0 Å². The summed E-state index contributed by atoms with van der Waals surface area (Å²) in [5.74, 6) is -3.18. The molecule has 0 aromatic heterocycles. The molecule has 0 fully saturated rings. The van der Waals surface area contributed by atoms with Crippen LogP contribution >= 0.6 is 0 Å². The number of benzene rings is 2. The molecular formula is C28H37F2NO6. The quantitative estimate of drug-likeness (QED) is 0.273. The number of alkyl halides is 2. The molecule has 0 saturated heterocycles. The summed E-state index contributed by atoms with van der Waals surface area (Å²) in [7, 11) is 0. The predicted octanol–water partition coefficient (Wildman–Crippen LogP) is 5.60. The molecule has 7 nitrogen and oxygen atoms in total. The minimum Gasteiger partial charge on any atom is -0.492 e. The van der Waals surface area contributed by atoms with Crippen LogP contribution < -0.4 is 4.74 Å². The van der Waals surface area contributed by atoms with Crippen LogP contribution in [0.3, 0.4) is 0 Å². The third-order valence-electron chi connectivity index (χ3n) is 5.63. The molecule has 0 saturated carbocycles. The van der Waals surface area contributed by atoms with Gasteiger partial charge in [-0.1, -0.05) is 42.5 Å². The second-order valence-corrected chi connectivity index (χ2v) is 8.84. The highest BCUT2D eigenvalue weighted by atomic mass is 19.3. The van der Waals surface area contributed by atoms with Crippen LogP contribution in [-0.2, 0) is 27.1 Å². The molecule has 0 heterocycles. The molecule has 0 aliphatic carbocycles.